The molecule has 0 aromatic heterocycles. The van der Waals surface area contributed by atoms with Crippen molar-refractivity contribution < 1.29 is 18.7 Å². The number of ether oxygens (including phenoxy) is 2. The number of aryl methyl sites for hydroxylation is 1. The molecule has 0 aliphatic carbocycles. The van der Waals surface area contributed by atoms with Crippen molar-refractivity contribution in [3.8, 4) is 0 Å². The van der Waals surface area contributed by atoms with Crippen LogP contribution in [0.4, 0.5) is 4.39 Å². The summed E-state index contributed by atoms with van der Waals surface area (Å²) in [6.45, 7) is 4.38. The Morgan fingerprint density at radius 2 is 2.24 bits per heavy atom. The van der Waals surface area contributed by atoms with E-state index in [1.165, 1.54) is 6.07 Å². The molecule has 0 radical (unpaired) electrons. The first-order valence-corrected chi connectivity index (χ1v) is 5.62. The van der Waals surface area contributed by atoms with Crippen molar-refractivity contribution in [1.29, 1.82) is 0 Å². The van der Waals surface area contributed by atoms with Crippen LogP contribution in [0.15, 0.2) is 18.2 Å². The first kappa shape index (κ1) is 12.0. The monoisotopic (exact) mass is 238 g/mol. The van der Waals surface area contributed by atoms with E-state index >= 15 is 0 Å². The Morgan fingerprint density at radius 1 is 1.53 bits per heavy atom. The average Bonchev–Trinajstić information content (AvgIpc) is 2.22. The summed E-state index contributed by atoms with van der Waals surface area (Å²) in [5, 5.41) is 0. The highest BCUT2D eigenvalue weighted by molar-refractivity contribution is 5.84. The molecule has 3 nitrogen and oxygen atoms in total. The van der Waals surface area contributed by atoms with Crippen LogP contribution in [0.3, 0.4) is 0 Å². The van der Waals surface area contributed by atoms with Gasteiger partial charge in [-0.1, -0.05) is 12.1 Å². The van der Waals surface area contributed by atoms with Gasteiger partial charge in [-0.25, -0.2) is 4.39 Å². The number of halogens is 1. The lowest BCUT2D eigenvalue weighted by Crippen LogP contribution is -2.53. The van der Waals surface area contributed by atoms with E-state index in [2.05, 4.69) is 0 Å². The molecule has 1 aliphatic rings. The molecule has 2 rings (SSSR count). The van der Waals surface area contributed by atoms with Crippen LogP contribution in [0.5, 0.6) is 0 Å². The van der Waals surface area contributed by atoms with E-state index in [4.69, 9.17) is 9.47 Å². The molecule has 1 aliphatic heterocycles. The molecule has 0 N–H and O–H groups in total. The highest BCUT2D eigenvalue weighted by atomic mass is 19.1. The Hall–Kier alpha value is -1.42. The minimum atomic E-state index is -0.742. The fourth-order valence-corrected chi connectivity index (χ4v) is 1.92. The maximum Gasteiger partial charge on any atom is 0.321 e. The zero-order valence-electron chi connectivity index (χ0n) is 9.96. The summed E-state index contributed by atoms with van der Waals surface area (Å²) < 4.78 is 23.4. The van der Waals surface area contributed by atoms with Crippen molar-refractivity contribution in [1.82, 2.24) is 0 Å². The van der Waals surface area contributed by atoms with Crippen LogP contribution in [-0.4, -0.2) is 25.8 Å². The Kier molecular flexibility index (Phi) is 3.15. The van der Waals surface area contributed by atoms with Crippen molar-refractivity contribution in [2.75, 3.05) is 19.8 Å². The topological polar surface area (TPSA) is 35.5 Å². The molecule has 0 saturated carbocycles. The summed E-state index contributed by atoms with van der Waals surface area (Å²) in [5.41, 5.74) is 0.549. The third-order valence-electron chi connectivity index (χ3n) is 3.07. The van der Waals surface area contributed by atoms with E-state index in [9.17, 15) is 9.18 Å². The highest BCUT2D eigenvalue weighted by Crippen LogP contribution is 2.34. The Morgan fingerprint density at radius 3 is 2.71 bits per heavy atom. The molecule has 1 heterocycles. The van der Waals surface area contributed by atoms with Crippen molar-refractivity contribution in [3.05, 3.63) is 35.1 Å². The minimum Gasteiger partial charge on any atom is -0.465 e. The largest absolute Gasteiger partial charge is 0.465 e. The summed E-state index contributed by atoms with van der Waals surface area (Å²) in [7, 11) is 0. The summed E-state index contributed by atoms with van der Waals surface area (Å²) in [6.07, 6.45) is 0. The smallest absolute Gasteiger partial charge is 0.321 e. The molecular formula is C13H15FO3. The zero-order valence-corrected chi connectivity index (χ0v) is 9.96. The molecule has 0 spiro atoms. The van der Waals surface area contributed by atoms with Gasteiger partial charge in [0.05, 0.1) is 19.8 Å². The first-order chi connectivity index (χ1) is 8.10. The van der Waals surface area contributed by atoms with Crippen LogP contribution in [-0.2, 0) is 19.7 Å². The fraction of sp³-hybridized carbons (Fsp3) is 0.462. The summed E-state index contributed by atoms with van der Waals surface area (Å²) in [4.78, 5) is 11.9. The van der Waals surface area contributed by atoms with E-state index in [0.29, 0.717) is 25.4 Å². The molecule has 0 bridgehead atoms. The number of carbonyl (C=O) groups excluding carboxylic acids is 1. The van der Waals surface area contributed by atoms with Gasteiger partial charge >= 0.3 is 5.97 Å². The van der Waals surface area contributed by atoms with Gasteiger partial charge < -0.3 is 9.47 Å². The Bertz CT molecular complexity index is 438. The SMILES string of the molecule is CCOC(=O)C1(c2ccc(F)c(C)c2)COC1. The molecule has 0 unspecified atom stereocenters. The van der Waals surface area contributed by atoms with Crippen LogP contribution in [0.1, 0.15) is 18.1 Å². The van der Waals surface area contributed by atoms with E-state index in [0.717, 1.165) is 5.56 Å². The maximum absolute atomic E-state index is 13.2. The number of hydrogen-bond acceptors (Lipinski definition) is 3. The van der Waals surface area contributed by atoms with Crippen molar-refractivity contribution in [2.45, 2.75) is 19.3 Å². The summed E-state index contributed by atoms with van der Waals surface area (Å²) in [6, 6.07) is 4.69. The second-order valence-electron chi connectivity index (χ2n) is 4.26. The number of benzene rings is 1. The predicted octanol–water partition coefficient (Wildman–Crippen LogP) is 1.97. The number of carbonyl (C=O) groups is 1. The molecule has 1 aromatic rings. The van der Waals surface area contributed by atoms with Crippen molar-refractivity contribution in [3.63, 3.8) is 0 Å². The third kappa shape index (κ3) is 1.93. The lowest BCUT2D eigenvalue weighted by molar-refractivity contribution is -0.169. The van der Waals surface area contributed by atoms with Gasteiger partial charge in [0.25, 0.3) is 0 Å². The summed E-state index contributed by atoms with van der Waals surface area (Å²) in [5.74, 6) is -0.565. The Balaban J connectivity index is 2.34. The molecule has 0 atom stereocenters. The van der Waals surface area contributed by atoms with Crippen LogP contribution in [0.25, 0.3) is 0 Å². The van der Waals surface area contributed by atoms with Gasteiger partial charge in [-0.15, -0.1) is 0 Å². The number of esters is 1. The molecule has 17 heavy (non-hydrogen) atoms. The fourth-order valence-electron chi connectivity index (χ4n) is 1.92. The molecule has 4 heteroatoms. The molecule has 1 fully saturated rings. The molecule has 92 valence electrons. The van der Waals surface area contributed by atoms with E-state index in [1.54, 1.807) is 26.0 Å². The van der Waals surface area contributed by atoms with E-state index in [1.807, 2.05) is 0 Å². The summed E-state index contributed by atoms with van der Waals surface area (Å²) >= 11 is 0. The standard InChI is InChI=1S/C13H15FO3/c1-3-17-12(15)13(7-16-8-13)10-4-5-11(14)9(2)6-10/h4-6H,3,7-8H2,1-2H3. The average molecular weight is 238 g/mol. The van der Waals surface area contributed by atoms with E-state index < -0.39 is 5.41 Å². The van der Waals surface area contributed by atoms with Gasteiger partial charge in [0.2, 0.25) is 0 Å². The van der Waals surface area contributed by atoms with Gasteiger partial charge in [-0.05, 0) is 31.0 Å². The predicted molar refractivity (Wildman–Crippen MR) is 60.3 cm³/mol. The minimum absolute atomic E-state index is 0.270. The third-order valence-corrected chi connectivity index (χ3v) is 3.07. The molecule has 1 aromatic carbocycles. The maximum atomic E-state index is 13.2. The number of rotatable bonds is 3. The number of hydrogen-bond donors (Lipinski definition) is 0. The molecule has 0 amide bonds. The van der Waals surface area contributed by atoms with Crippen molar-refractivity contribution in [2.24, 2.45) is 0 Å². The molecule has 1 saturated heterocycles. The van der Waals surface area contributed by atoms with Crippen molar-refractivity contribution >= 4 is 5.97 Å². The second-order valence-corrected chi connectivity index (χ2v) is 4.26. The first-order valence-electron chi connectivity index (χ1n) is 5.62. The van der Waals surface area contributed by atoms with Gasteiger partial charge in [0.1, 0.15) is 11.2 Å². The lowest BCUT2D eigenvalue weighted by atomic mass is 9.78. The highest BCUT2D eigenvalue weighted by Gasteiger charge is 2.49. The van der Waals surface area contributed by atoms with Gasteiger partial charge in [0.15, 0.2) is 0 Å². The Labute approximate surface area is 99.5 Å². The van der Waals surface area contributed by atoms with Gasteiger partial charge in [-0.2, -0.15) is 0 Å². The van der Waals surface area contributed by atoms with E-state index in [-0.39, 0.29) is 11.8 Å². The quantitative estimate of drug-likeness (QED) is 0.755. The second kappa shape index (κ2) is 4.45. The molecular weight excluding hydrogens is 223 g/mol. The van der Waals surface area contributed by atoms with Crippen LogP contribution in [0.2, 0.25) is 0 Å². The van der Waals surface area contributed by atoms with Gasteiger partial charge in [-0.3, -0.25) is 4.79 Å². The van der Waals surface area contributed by atoms with Crippen LogP contribution < -0.4 is 0 Å². The normalized spacial score (nSPS) is 17.4. The van der Waals surface area contributed by atoms with Crippen LogP contribution in [0, 0.1) is 12.7 Å². The zero-order chi connectivity index (χ0) is 12.5. The lowest BCUT2D eigenvalue weighted by Gasteiger charge is -2.39. The van der Waals surface area contributed by atoms with Crippen LogP contribution >= 0.6 is 0 Å². The van der Waals surface area contributed by atoms with Gasteiger partial charge in [0, 0.05) is 0 Å².